The zero-order valence-corrected chi connectivity index (χ0v) is 21.4. The quantitative estimate of drug-likeness (QED) is 0.358. The number of rotatable bonds is 9. The molecule has 0 bridgehead atoms. The second-order valence-electron chi connectivity index (χ2n) is 11.1. The van der Waals surface area contributed by atoms with Gasteiger partial charge in [0.15, 0.2) is 8.32 Å². The van der Waals surface area contributed by atoms with Crippen LogP contribution < -0.4 is 5.46 Å². The summed E-state index contributed by atoms with van der Waals surface area (Å²) in [6.07, 6.45) is 6.05. The van der Waals surface area contributed by atoms with Gasteiger partial charge >= 0.3 is 7.12 Å². The average molecular weight is 419 g/mol. The van der Waals surface area contributed by atoms with E-state index in [1.807, 2.05) is 0 Å². The van der Waals surface area contributed by atoms with Gasteiger partial charge in [-0.25, -0.2) is 0 Å². The summed E-state index contributed by atoms with van der Waals surface area (Å²) in [6.45, 7) is 20.9. The predicted octanol–water partition coefficient (Wildman–Crippen LogP) is 6.11. The van der Waals surface area contributed by atoms with Crippen LogP contribution in [0, 0.1) is 0 Å². The van der Waals surface area contributed by atoms with Crippen molar-refractivity contribution in [3.63, 3.8) is 0 Å². The summed E-state index contributed by atoms with van der Waals surface area (Å²) in [5.74, 6) is 0. The van der Waals surface area contributed by atoms with Crippen molar-refractivity contribution in [2.24, 2.45) is 0 Å². The van der Waals surface area contributed by atoms with Crippen molar-refractivity contribution in [3.8, 4) is 0 Å². The zero-order valence-electron chi connectivity index (χ0n) is 20.4. The zero-order chi connectivity index (χ0) is 21.9. The Hall–Kier alpha value is -0.618. The molecule has 0 amide bonds. The minimum atomic E-state index is -1.58. The summed E-state index contributed by atoms with van der Waals surface area (Å²) in [5, 5.41) is 0.305. The molecule has 0 unspecified atom stereocenters. The highest BCUT2D eigenvalue weighted by Gasteiger charge is 2.51. The topological polar surface area (TPSA) is 27.7 Å². The van der Waals surface area contributed by atoms with Gasteiger partial charge in [-0.05, 0) is 76.1 Å². The minimum Gasteiger partial charge on any atom is -0.417 e. The maximum atomic E-state index is 6.27. The van der Waals surface area contributed by atoms with Crippen molar-refractivity contribution in [1.29, 1.82) is 0 Å². The standard InChI is InChI=1S/C24H43BO3Si/c1-22(2,3)29(8,9)26-19-13-11-10-12-14-20-15-17-21(18-16-20)25-27-23(4,5)24(6,7)28-25/h15-18H,10-14,19H2,1-9H3. The molecule has 1 aromatic rings. The second-order valence-corrected chi connectivity index (χ2v) is 15.9. The lowest BCUT2D eigenvalue weighted by Gasteiger charge is -2.36. The van der Waals surface area contributed by atoms with Gasteiger partial charge in [0.2, 0.25) is 0 Å². The maximum Gasteiger partial charge on any atom is 0.494 e. The Morgan fingerprint density at radius 2 is 1.38 bits per heavy atom. The van der Waals surface area contributed by atoms with Gasteiger partial charge in [-0.1, -0.05) is 57.9 Å². The van der Waals surface area contributed by atoms with E-state index in [1.165, 1.54) is 31.2 Å². The van der Waals surface area contributed by atoms with Crippen LogP contribution in [0.5, 0.6) is 0 Å². The molecule has 0 atom stereocenters. The van der Waals surface area contributed by atoms with Crippen LogP contribution in [0.25, 0.3) is 0 Å². The molecule has 1 aliphatic rings. The van der Waals surface area contributed by atoms with Gasteiger partial charge in [0.05, 0.1) is 11.2 Å². The molecule has 3 nitrogen and oxygen atoms in total. The molecule has 1 aromatic carbocycles. The Morgan fingerprint density at radius 1 is 0.862 bits per heavy atom. The Kier molecular flexibility index (Phi) is 7.87. The first-order valence-electron chi connectivity index (χ1n) is 11.3. The largest absolute Gasteiger partial charge is 0.494 e. The second kappa shape index (κ2) is 9.25. The monoisotopic (exact) mass is 418 g/mol. The predicted molar refractivity (Wildman–Crippen MR) is 127 cm³/mol. The van der Waals surface area contributed by atoms with Crippen LogP contribution in [0.15, 0.2) is 24.3 Å². The van der Waals surface area contributed by atoms with Crippen LogP contribution in [0.4, 0.5) is 0 Å². The molecule has 0 spiro atoms. The van der Waals surface area contributed by atoms with Gasteiger partial charge in [-0.2, -0.15) is 0 Å². The van der Waals surface area contributed by atoms with Gasteiger partial charge in [0, 0.05) is 6.61 Å². The first-order valence-corrected chi connectivity index (χ1v) is 14.2. The SMILES string of the molecule is CC1(C)OB(c2ccc(CCCCCCO[Si](C)(C)C(C)(C)C)cc2)OC1(C)C. The number of unbranched alkanes of at least 4 members (excludes halogenated alkanes) is 3. The molecule has 0 N–H and O–H groups in total. The Balaban J connectivity index is 1.67. The van der Waals surface area contributed by atoms with E-state index >= 15 is 0 Å². The van der Waals surface area contributed by atoms with Gasteiger partial charge in [-0.3, -0.25) is 0 Å². The lowest BCUT2D eigenvalue weighted by molar-refractivity contribution is 0.00578. The molecule has 1 saturated heterocycles. The number of hydrogen-bond donors (Lipinski definition) is 0. The van der Waals surface area contributed by atoms with E-state index in [4.69, 9.17) is 13.7 Å². The highest BCUT2D eigenvalue weighted by atomic mass is 28.4. The lowest BCUT2D eigenvalue weighted by Crippen LogP contribution is -2.41. The van der Waals surface area contributed by atoms with Crippen LogP contribution >= 0.6 is 0 Å². The number of hydrogen-bond acceptors (Lipinski definition) is 3. The van der Waals surface area contributed by atoms with E-state index < -0.39 is 8.32 Å². The smallest absolute Gasteiger partial charge is 0.417 e. The van der Waals surface area contributed by atoms with Crippen molar-refractivity contribution >= 4 is 20.9 Å². The summed E-state index contributed by atoms with van der Waals surface area (Å²) in [4.78, 5) is 0. The van der Waals surface area contributed by atoms with E-state index in [1.54, 1.807) is 0 Å². The molecule has 0 radical (unpaired) electrons. The molecule has 164 valence electrons. The van der Waals surface area contributed by atoms with Gasteiger partial charge < -0.3 is 13.7 Å². The third kappa shape index (κ3) is 6.43. The maximum absolute atomic E-state index is 6.27. The first kappa shape index (κ1) is 24.6. The van der Waals surface area contributed by atoms with E-state index in [2.05, 4.69) is 85.8 Å². The molecule has 0 saturated carbocycles. The van der Waals surface area contributed by atoms with Crippen LogP contribution in [0.2, 0.25) is 18.1 Å². The molecule has 5 heteroatoms. The molecule has 0 aliphatic carbocycles. The van der Waals surface area contributed by atoms with Gasteiger partial charge in [0.1, 0.15) is 0 Å². The normalized spacial score (nSPS) is 19.0. The summed E-state index contributed by atoms with van der Waals surface area (Å²) in [5.41, 5.74) is 1.92. The third-order valence-corrected chi connectivity index (χ3v) is 11.7. The molecule has 1 fully saturated rings. The summed E-state index contributed by atoms with van der Waals surface area (Å²) < 4.78 is 18.5. The number of aryl methyl sites for hydroxylation is 1. The van der Waals surface area contributed by atoms with Crippen LogP contribution in [-0.4, -0.2) is 33.2 Å². The average Bonchev–Trinajstić information content (AvgIpc) is 2.81. The lowest BCUT2D eigenvalue weighted by atomic mass is 9.78. The fraction of sp³-hybridized carbons (Fsp3) is 0.750. The molecule has 29 heavy (non-hydrogen) atoms. The molecule has 0 aromatic heterocycles. The van der Waals surface area contributed by atoms with E-state index in [9.17, 15) is 0 Å². The summed E-state index contributed by atoms with van der Waals surface area (Å²) >= 11 is 0. The third-order valence-electron chi connectivity index (χ3n) is 7.13. The van der Waals surface area contributed by atoms with E-state index in [-0.39, 0.29) is 18.3 Å². The van der Waals surface area contributed by atoms with Crippen LogP contribution in [0.3, 0.4) is 0 Å². The highest BCUT2D eigenvalue weighted by Crippen LogP contribution is 2.37. The Morgan fingerprint density at radius 3 is 1.90 bits per heavy atom. The van der Waals surface area contributed by atoms with Crippen molar-refractivity contribution in [1.82, 2.24) is 0 Å². The summed E-state index contributed by atoms with van der Waals surface area (Å²) in [7, 11) is -1.85. The Labute approximate surface area is 181 Å². The van der Waals surface area contributed by atoms with Gasteiger partial charge in [-0.15, -0.1) is 0 Å². The van der Waals surface area contributed by atoms with Crippen molar-refractivity contribution in [2.75, 3.05) is 6.61 Å². The van der Waals surface area contributed by atoms with Crippen LogP contribution in [-0.2, 0) is 20.2 Å². The minimum absolute atomic E-state index is 0.269. The van der Waals surface area contributed by atoms with Crippen molar-refractivity contribution < 1.29 is 13.7 Å². The Bertz CT molecular complexity index is 631. The summed E-state index contributed by atoms with van der Waals surface area (Å²) in [6, 6.07) is 8.76. The van der Waals surface area contributed by atoms with E-state index in [0.29, 0.717) is 5.04 Å². The highest BCUT2D eigenvalue weighted by molar-refractivity contribution is 6.74. The fourth-order valence-corrected chi connectivity index (χ4v) is 4.24. The number of benzene rings is 1. The van der Waals surface area contributed by atoms with Crippen LogP contribution in [0.1, 0.15) is 79.7 Å². The fourth-order valence-electron chi connectivity index (χ4n) is 3.15. The molecular weight excluding hydrogens is 375 g/mol. The van der Waals surface area contributed by atoms with Crippen molar-refractivity contribution in [2.45, 2.75) is 110 Å². The molecular formula is C24H43BO3Si. The molecule has 2 rings (SSSR count). The van der Waals surface area contributed by atoms with E-state index in [0.717, 1.165) is 18.5 Å². The van der Waals surface area contributed by atoms with Crippen molar-refractivity contribution in [3.05, 3.63) is 29.8 Å². The first-order chi connectivity index (χ1) is 13.3. The molecule has 1 heterocycles. The van der Waals surface area contributed by atoms with Gasteiger partial charge in [0.25, 0.3) is 0 Å². The molecule has 1 aliphatic heterocycles.